The lowest BCUT2D eigenvalue weighted by atomic mass is 10.7. The minimum absolute atomic E-state index is 1.19. The van der Waals surface area contributed by atoms with Crippen LogP contribution in [0.25, 0.3) is 0 Å². The Kier molecular flexibility index (Phi) is 1.38. The molecule has 8 heavy (non-hydrogen) atoms. The van der Waals surface area contributed by atoms with Crippen LogP contribution in [0, 0.1) is 6.92 Å². The van der Waals surface area contributed by atoms with Gasteiger partial charge in [-0.3, -0.25) is 0 Å². The molecular formula is C5H8BrN2+. The molecule has 0 bridgehead atoms. The number of halogens is 1. The van der Waals surface area contributed by atoms with Gasteiger partial charge in [-0.2, -0.15) is 3.59 Å². The lowest BCUT2D eigenvalue weighted by Crippen LogP contribution is -2.28. The first-order chi connectivity index (χ1) is 3.72. The van der Waals surface area contributed by atoms with Crippen molar-refractivity contribution >= 4 is 16.1 Å². The molecule has 0 aromatic carbocycles. The Balaban J connectivity index is 3.19. The molecular weight excluding hydrogens is 168 g/mol. The summed E-state index contributed by atoms with van der Waals surface area (Å²) in [4.78, 5) is 0. The summed E-state index contributed by atoms with van der Waals surface area (Å²) < 4.78 is 3.93. The molecule has 0 radical (unpaired) electrons. The lowest BCUT2D eigenvalue weighted by molar-refractivity contribution is -0.676. The van der Waals surface area contributed by atoms with Crippen LogP contribution in [0.5, 0.6) is 0 Å². The van der Waals surface area contributed by atoms with Crippen molar-refractivity contribution in [3.8, 4) is 0 Å². The summed E-state index contributed by atoms with van der Waals surface area (Å²) in [6.07, 6.45) is 3.94. The first kappa shape index (κ1) is 5.82. The van der Waals surface area contributed by atoms with Crippen LogP contribution >= 0.6 is 16.1 Å². The maximum atomic E-state index is 3.31. The van der Waals surface area contributed by atoms with Gasteiger partial charge in [0.05, 0.1) is 7.05 Å². The van der Waals surface area contributed by atoms with E-state index in [0.29, 0.717) is 0 Å². The highest BCUT2D eigenvalue weighted by Crippen LogP contribution is 1.94. The van der Waals surface area contributed by atoms with E-state index in [9.17, 15) is 0 Å². The Hall–Kier alpha value is -0.310. The van der Waals surface area contributed by atoms with E-state index in [4.69, 9.17) is 0 Å². The van der Waals surface area contributed by atoms with Crippen molar-refractivity contribution in [1.29, 1.82) is 0 Å². The Labute approximate surface area is 57.1 Å². The van der Waals surface area contributed by atoms with E-state index in [2.05, 4.69) is 16.1 Å². The average Bonchev–Trinajstić information content (AvgIpc) is 1.98. The molecule has 1 aromatic rings. The maximum Gasteiger partial charge on any atom is 0.263 e. The van der Waals surface area contributed by atoms with Gasteiger partial charge in [-0.1, -0.05) is 0 Å². The van der Waals surface area contributed by atoms with Crippen LogP contribution in [0.3, 0.4) is 0 Å². The van der Waals surface area contributed by atoms with Gasteiger partial charge < -0.3 is 0 Å². The molecule has 3 heteroatoms. The number of rotatable bonds is 0. The van der Waals surface area contributed by atoms with Crippen molar-refractivity contribution in [3.63, 3.8) is 0 Å². The van der Waals surface area contributed by atoms with Crippen LogP contribution in [-0.4, -0.2) is 3.59 Å². The minimum atomic E-state index is 1.19. The summed E-state index contributed by atoms with van der Waals surface area (Å²) in [6, 6.07) is 0. The molecule has 0 spiro atoms. The standard InChI is InChI=1S/C5H8BrN2/c1-5-7(2)3-4-8(5)6/h3-4H,1-2H3/q+1. The molecule has 2 nitrogen and oxygen atoms in total. The quantitative estimate of drug-likeness (QED) is 0.516. The fourth-order valence-corrected chi connectivity index (χ4v) is 0.881. The van der Waals surface area contributed by atoms with Crippen molar-refractivity contribution in [1.82, 2.24) is 3.59 Å². The fraction of sp³-hybridized carbons (Fsp3) is 0.400. The number of aromatic nitrogens is 2. The van der Waals surface area contributed by atoms with Crippen LogP contribution in [0.2, 0.25) is 0 Å². The summed E-state index contributed by atoms with van der Waals surface area (Å²) >= 11 is 3.31. The van der Waals surface area contributed by atoms with E-state index in [1.807, 2.05) is 34.5 Å². The predicted molar refractivity (Wildman–Crippen MR) is 34.7 cm³/mol. The zero-order chi connectivity index (χ0) is 6.15. The predicted octanol–water partition coefficient (Wildman–Crippen LogP) is 0.779. The Bertz CT molecular complexity index is 173. The number of hydrogen-bond donors (Lipinski definition) is 0. The molecule has 1 aromatic heterocycles. The van der Waals surface area contributed by atoms with Gasteiger partial charge in [-0.25, -0.2) is 4.57 Å². The van der Waals surface area contributed by atoms with E-state index >= 15 is 0 Å². The molecule has 0 aliphatic rings. The molecule has 0 saturated heterocycles. The molecule has 0 amide bonds. The molecule has 1 heterocycles. The Morgan fingerprint density at radius 3 is 2.50 bits per heavy atom. The highest BCUT2D eigenvalue weighted by molar-refractivity contribution is 9.08. The van der Waals surface area contributed by atoms with Gasteiger partial charge in [0.15, 0.2) is 16.1 Å². The van der Waals surface area contributed by atoms with Gasteiger partial charge in [-0.15, -0.1) is 0 Å². The smallest absolute Gasteiger partial charge is 0.236 e. The van der Waals surface area contributed by atoms with Gasteiger partial charge in [-0.05, 0) is 0 Å². The zero-order valence-electron chi connectivity index (χ0n) is 4.93. The second-order valence-corrected chi connectivity index (χ2v) is 2.53. The fourth-order valence-electron chi connectivity index (χ4n) is 0.525. The highest BCUT2D eigenvalue weighted by atomic mass is 79.9. The maximum absolute atomic E-state index is 3.31. The number of aryl methyl sites for hydroxylation is 1. The molecule has 0 aliphatic heterocycles. The second kappa shape index (κ2) is 1.90. The van der Waals surface area contributed by atoms with Crippen molar-refractivity contribution in [3.05, 3.63) is 18.2 Å². The second-order valence-electron chi connectivity index (χ2n) is 1.77. The van der Waals surface area contributed by atoms with Gasteiger partial charge in [0.25, 0.3) is 5.82 Å². The summed E-state index contributed by atoms with van der Waals surface area (Å²) in [6.45, 7) is 2.04. The lowest BCUT2D eigenvalue weighted by Gasteiger charge is -1.82. The van der Waals surface area contributed by atoms with Crippen molar-refractivity contribution in [2.24, 2.45) is 7.05 Å². The molecule has 1 rings (SSSR count). The van der Waals surface area contributed by atoms with Gasteiger partial charge in [0.1, 0.15) is 12.4 Å². The monoisotopic (exact) mass is 175 g/mol. The van der Waals surface area contributed by atoms with Gasteiger partial charge in [0, 0.05) is 6.92 Å². The SMILES string of the molecule is Cc1n(Br)cc[n+]1C. The summed E-state index contributed by atoms with van der Waals surface area (Å²) in [5.74, 6) is 1.19. The largest absolute Gasteiger partial charge is 0.263 e. The highest BCUT2D eigenvalue weighted by Gasteiger charge is 2.03. The number of nitrogens with zero attached hydrogens (tertiary/aromatic N) is 2. The number of hydrogen-bond acceptors (Lipinski definition) is 0. The molecule has 0 aliphatic carbocycles. The van der Waals surface area contributed by atoms with Gasteiger partial charge in [0.2, 0.25) is 0 Å². The Morgan fingerprint density at radius 1 is 1.75 bits per heavy atom. The molecule has 44 valence electrons. The van der Waals surface area contributed by atoms with Crippen molar-refractivity contribution < 1.29 is 4.57 Å². The van der Waals surface area contributed by atoms with E-state index in [0.717, 1.165) is 0 Å². The van der Waals surface area contributed by atoms with E-state index in [1.54, 1.807) is 0 Å². The molecule has 0 unspecified atom stereocenters. The van der Waals surface area contributed by atoms with Crippen LogP contribution in [0.4, 0.5) is 0 Å². The normalized spacial score (nSPS) is 9.88. The van der Waals surface area contributed by atoms with Crippen molar-refractivity contribution in [2.45, 2.75) is 6.92 Å². The van der Waals surface area contributed by atoms with E-state index in [-0.39, 0.29) is 0 Å². The molecule has 0 saturated carbocycles. The third-order valence-electron chi connectivity index (χ3n) is 1.24. The van der Waals surface area contributed by atoms with Crippen LogP contribution in [0.15, 0.2) is 12.4 Å². The van der Waals surface area contributed by atoms with E-state index in [1.165, 1.54) is 5.82 Å². The average molecular weight is 176 g/mol. The van der Waals surface area contributed by atoms with Crippen LogP contribution in [0.1, 0.15) is 5.82 Å². The van der Waals surface area contributed by atoms with Crippen LogP contribution < -0.4 is 4.57 Å². The number of imidazole rings is 1. The van der Waals surface area contributed by atoms with Crippen LogP contribution in [-0.2, 0) is 7.05 Å². The molecule has 0 atom stereocenters. The summed E-state index contributed by atoms with van der Waals surface area (Å²) in [5.41, 5.74) is 0. The summed E-state index contributed by atoms with van der Waals surface area (Å²) in [5, 5.41) is 0. The first-order valence-electron chi connectivity index (χ1n) is 2.41. The van der Waals surface area contributed by atoms with Gasteiger partial charge >= 0.3 is 0 Å². The third kappa shape index (κ3) is 0.777. The Morgan fingerprint density at radius 2 is 2.38 bits per heavy atom. The third-order valence-corrected chi connectivity index (χ3v) is 1.99. The first-order valence-corrected chi connectivity index (χ1v) is 3.12. The summed E-state index contributed by atoms with van der Waals surface area (Å²) in [7, 11) is 2.01. The zero-order valence-corrected chi connectivity index (χ0v) is 6.51. The molecule has 0 N–H and O–H groups in total. The topological polar surface area (TPSA) is 8.81 Å². The van der Waals surface area contributed by atoms with Crippen molar-refractivity contribution in [2.75, 3.05) is 0 Å². The molecule has 0 fully saturated rings. The van der Waals surface area contributed by atoms with E-state index < -0.39 is 0 Å². The minimum Gasteiger partial charge on any atom is -0.236 e.